The lowest BCUT2D eigenvalue weighted by atomic mass is 10.1. The molecular weight excluding hydrogens is 369 g/mol. The minimum absolute atomic E-state index is 0.0132. The van der Waals surface area contributed by atoms with Crippen LogP contribution in [0.1, 0.15) is 23.0 Å². The van der Waals surface area contributed by atoms with Gasteiger partial charge in [-0.2, -0.15) is 0 Å². The number of carbonyl (C=O) groups excluding carboxylic acids is 1. The van der Waals surface area contributed by atoms with Crippen molar-refractivity contribution in [2.45, 2.75) is 19.4 Å². The van der Waals surface area contributed by atoms with Gasteiger partial charge >= 0.3 is 0 Å². The maximum absolute atomic E-state index is 13.8. The molecule has 1 amide bonds. The molecule has 0 fully saturated rings. The number of rotatable bonds is 3. The molecule has 1 aliphatic rings. The van der Waals surface area contributed by atoms with Crippen LogP contribution < -0.4 is 10.2 Å². The van der Waals surface area contributed by atoms with E-state index in [0.29, 0.717) is 0 Å². The van der Waals surface area contributed by atoms with E-state index in [9.17, 15) is 18.0 Å². The Bertz CT molecular complexity index is 1060. The highest BCUT2D eigenvalue weighted by molar-refractivity contribution is 6.06. The standard InChI is InChI=1S/C20H15F3N4O/c1-11-8-12-4-2-3-5-16(12)27(11)20(28)15-9-25-17(10-24-15)26-14-7-6-13(21)18(22)19(14)23/h2-7,9-11H,8H2,1H3,(H,25,26). The van der Waals surface area contributed by atoms with Gasteiger partial charge in [0, 0.05) is 11.7 Å². The molecule has 0 saturated heterocycles. The molecule has 1 N–H and O–H groups in total. The Labute approximate surface area is 158 Å². The second-order valence-electron chi connectivity index (χ2n) is 6.49. The normalized spacial score (nSPS) is 15.4. The van der Waals surface area contributed by atoms with E-state index in [0.717, 1.165) is 29.8 Å². The topological polar surface area (TPSA) is 58.1 Å². The first-order valence-electron chi connectivity index (χ1n) is 8.59. The van der Waals surface area contributed by atoms with Gasteiger partial charge < -0.3 is 10.2 Å². The number of nitrogens with one attached hydrogen (secondary N) is 1. The fourth-order valence-corrected chi connectivity index (χ4v) is 3.26. The lowest BCUT2D eigenvalue weighted by molar-refractivity contribution is 0.0976. The fraction of sp³-hybridized carbons (Fsp3) is 0.150. The van der Waals surface area contributed by atoms with Crippen molar-refractivity contribution in [3.05, 3.63) is 77.5 Å². The summed E-state index contributed by atoms with van der Waals surface area (Å²) < 4.78 is 40.1. The highest BCUT2D eigenvalue weighted by Gasteiger charge is 2.32. The molecule has 0 saturated carbocycles. The van der Waals surface area contributed by atoms with Crippen LogP contribution in [0.25, 0.3) is 0 Å². The van der Waals surface area contributed by atoms with E-state index in [1.807, 2.05) is 31.2 Å². The number of fused-ring (bicyclic) bond motifs is 1. The van der Waals surface area contributed by atoms with Gasteiger partial charge in [0.25, 0.3) is 5.91 Å². The molecule has 3 aromatic rings. The van der Waals surface area contributed by atoms with Gasteiger partial charge in [-0.1, -0.05) is 18.2 Å². The van der Waals surface area contributed by atoms with Crippen molar-refractivity contribution in [1.29, 1.82) is 0 Å². The van der Waals surface area contributed by atoms with Crippen LogP contribution >= 0.6 is 0 Å². The number of amides is 1. The van der Waals surface area contributed by atoms with Gasteiger partial charge in [-0.3, -0.25) is 4.79 Å². The Kier molecular flexibility index (Phi) is 4.46. The van der Waals surface area contributed by atoms with Crippen molar-refractivity contribution in [1.82, 2.24) is 9.97 Å². The molecule has 2 heterocycles. The van der Waals surface area contributed by atoms with Crippen LogP contribution in [0, 0.1) is 17.5 Å². The molecular formula is C20H15F3N4O. The first-order chi connectivity index (χ1) is 13.5. The minimum atomic E-state index is -1.58. The van der Waals surface area contributed by atoms with E-state index < -0.39 is 17.5 Å². The zero-order valence-corrected chi connectivity index (χ0v) is 14.8. The van der Waals surface area contributed by atoms with Gasteiger partial charge in [-0.25, -0.2) is 23.1 Å². The van der Waals surface area contributed by atoms with E-state index in [1.54, 1.807) is 4.90 Å². The van der Waals surface area contributed by atoms with Gasteiger partial charge in [-0.05, 0) is 37.1 Å². The number of benzene rings is 2. The molecule has 1 aromatic heterocycles. The van der Waals surface area contributed by atoms with E-state index in [-0.39, 0.29) is 29.1 Å². The average molecular weight is 384 g/mol. The summed E-state index contributed by atoms with van der Waals surface area (Å²) in [7, 11) is 0. The predicted octanol–water partition coefficient (Wildman–Crippen LogP) is 4.23. The van der Waals surface area contributed by atoms with Crippen LogP contribution in [0.15, 0.2) is 48.8 Å². The van der Waals surface area contributed by atoms with Crippen molar-refractivity contribution in [3.8, 4) is 0 Å². The van der Waals surface area contributed by atoms with Gasteiger partial charge in [0.2, 0.25) is 0 Å². The van der Waals surface area contributed by atoms with Crippen molar-refractivity contribution < 1.29 is 18.0 Å². The maximum atomic E-state index is 13.8. The summed E-state index contributed by atoms with van der Waals surface area (Å²) in [5.74, 6) is -4.42. The second-order valence-corrected chi connectivity index (χ2v) is 6.49. The molecule has 0 bridgehead atoms. The molecule has 1 aliphatic heterocycles. The Hall–Kier alpha value is -3.42. The Morgan fingerprint density at radius 3 is 2.61 bits per heavy atom. The van der Waals surface area contributed by atoms with Crippen LogP contribution in [0.3, 0.4) is 0 Å². The summed E-state index contributed by atoms with van der Waals surface area (Å²) in [6, 6.07) is 9.50. The number of nitrogens with zero attached hydrogens (tertiary/aromatic N) is 3. The first kappa shape index (κ1) is 18.0. The monoisotopic (exact) mass is 384 g/mol. The maximum Gasteiger partial charge on any atom is 0.278 e. The molecule has 0 aliphatic carbocycles. The Morgan fingerprint density at radius 2 is 1.86 bits per heavy atom. The van der Waals surface area contributed by atoms with Gasteiger partial charge in [0.1, 0.15) is 11.5 Å². The lowest BCUT2D eigenvalue weighted by Gasteiger charge is -2.22. The second kappa shape index (κ2) is 6.95. The van der Waals surface area contributed by atoms with Crippen LogP contribution in [-0.2, 0) is 6.42 Å². The number of anilines is 3. The molecule has 4 rings (SSSR count). The molecule has 142 valence electrons. The quantitative estimate of drug-likeness (QED) is 0.687. The lowest BCUT2D eigenvalue weighted by Crippen LogP contribution is -2.36. The molecule has 5 nitrogen and oxygen atoms in total. The molecule has 0 spiro atoms. The van der Waals surface area contributed by atoms with Crippen molar-refractivity contribution in [2.24, 2.45) is 0 Å². The third-order valence-corrected chi connectivity index (χ3v) is 4.59. The van der Waals surface area contributed by atoms with Gasteiger partial charge in [-0.15, -0.1) is 0 Å². The van der Waals surface area contributed by atoms with Crippen LogP contribution in [-0.4, -0.2) is 21.9 Å². The predicted molar refractivity (Wildman–Crippen MR) is 98.0 cm³/mol. The zero-order valence-electron chi connectivity index (χ0n) is 14.8. The van der Waals surface area contributed by atoms with Gasteiger partial charge in [0.15, 0.2) is 17.5 Å². The smallest absolute Gasteiger partial charge is 0.278 e. The fourth-order valence-electron chi connectivity index (χ4n) is 3.26. The summed E-state index contributed by atoms with van der Waals surface area (Å²) in [4.78, 5) is 22.7. The van der Waals surface area contributed by atoms with Crippen LogP contribution in [0.5, 0.6) is 0 Å². The highest BCUT2D eigenvalue weighted by Crippen LogP contribution is 2.32. The van der Waals surface area contributed by atoms with Crippen LogP contribution in [0.4, 0.5) is 30.4 Å². The van der Waals surface area contributed by atoms with Gasteiger partial charge in [0.05, 0.1) is 18.1 Å². The summed E-state index contributed by atoms with van der Waals surface area (Å²) in [5.41, 5.74) is 1.77. The summed E-state index contributed by atoms with van der Waals surface area (Å²) >= 11 is 0. The first-order valence-corrected chi connectivity index (χ1v) is 8.59. The third kappa shape index (κ3) is 3.06. The number of hydrogen-bond donors (Lipinski definition) is 1. The third-order valence-electron chi connectivity index (χ3n) is 4.59. The summed E-state index contributed by atoms with van der Waals surface area (Å²) in [6.45, 7) is 1.95. The molecule has 8 heteroatoms. The number of aromatic nitrogens is 2. The minimum Gasteiger partial charge on any atom is -0.336 e. The highest BCUT2D eigenvalue weighted by atomic mass is 19.2. The Morgan fingerprint density at radius 1 is 1.07 bits per heavy atom. The van der Waals surface area contributed by atoms with E-state index >= 15 is 0 Å². The molecule has 1 atom stereocenters. The molecule has 1 unspecified atom stereocenters. The largest absolute Gasteiger partial charge is 0.336 e. The van der Waals surface area contributed by atoms with Crippen molar-refractivity contribution in [2.75, 3.05) is 10.2 Å². The molecule has 2 aromatic carbocycles. The average Bonchev–Trinajstić information content (AvgIpc) is 3.04. The number of halogens is 3. The van der Waals surface area contributed by atoms with Crippen molar-refractivity contribution in [3.63, 3.8) is 0 Å². The van der Waals surface area contributed by atoms with Crippen LogP contribution in [0.2, 0.25) is 0 Å². The zero-order chi connectivity index (χ0) is 19.8. The van der Waals surface area contributed by atoms with Crippen molar-refractivity contribution >= 4 is 23.1 Å². The molecule has 0 radical (unpaired) electrons. The van der Waals surface area contributed by atoms with E-state index in [2.05, 4.69) is 15.3 Å². The van der Waals surface area contributed by atoms with E-state index in [1.165, 1.54) is 12.4 Å². The number of para-hydroxylation sites is 1. The summed E-state index contributed by atoms with van der Waals surface area (Å²) in [6.07, 6.45) is 3.25. The SMILES string of the molecule is CC1Cc2ccccc2N1C(=O)c1cnc(Nc2ccc(F)c(F)c2F)cn1. The summed E-state index contributed by atoms with van der Waals surface area (Å²) in [5, 5.41) is 2.52. The van der Waals surface area contributed by atoms with E-state index in [4.69, 9.17) is 0 Å². The number of carbonyl (C=O) groups is 1. The molecule has 28 heavy (non-hydrogen) atoms. The number of hydrogen-bond acceptors (Lipinski definition) is 4. The Balaban J connectivity index is 1.56.